The average Bonchev–Trinajstić information content (AvgIpc) is 2.97. The molecule has 2 heterocycles. The zero-order chi connectivity index (χ0) is 15.4. The second kappa shape index (κ2) is 6.43. The van der Waals surface area contributed by atoms with Gasteiger partial charge in [-0.05, 0) is 41.6 Å². The summed E-state index contributed by atoms with van der Waals surface area (Å²) in [6.07, 6.45) is 6.38. The summed E-state index contributed by atoms with van der Waals surface area (Å²) < 4.78 is 2.00. The summed E-state index contributed by atoms with van der Waals surface area (Å²) in [7, 11) is 1.86. The van der Waals surface area contributed by atoms with E-state index in [0.717, 1.165) is 17.3 Å². The molecule has 22 heavy (non-hydrogen) atoms. The Morgan fingerprint density at radius 2 is 1.91 bits per heavy atom. The third-order valence-electron chi connectivity index (χ3n) is 3.90. The van der Waals surface area contributed by atoms with Crippen LogP contribution in [0.1, 0.15) is 5.56 Å². The summed E-state index contributed by atoms with van der Waals surface area (Å²) in [4.78, 5) is 18.2. The van der Waals surface area contributed by atoms with Crippen molar-refractivity contribution >= 4 is 16.8 Å². The van der Waals surface area contributed by atoms with E-state index >= 15 is 0 Å². The van der Waals surface area contributed by atoms with Crippen LogP contribution in [-0.2, 0) is 17.8 Å². The lowest BCUT2D eigenvalue weighted by Gasteiger charge is -2.18. The highest BCUT2D eigenvalue weighted by atomic mass is 16.2. The fourth-order valence-corrected chi connectivity index (χ4v) is 2.52. The van der Waals surface area contributed by atoms with E-state index < -0.39 is 0 Å². The van der Waals surface area contributed by atoms with Crippen molar-refractivity contribution in [3.05, 3.63) is 66.6 Å². The molecule has 0 N–H and O–H groups in total. The van der Waals surface area contributed by atoms with E-state index in [9.17, 15) is 4.79 Å². The molecule has 4 heteroatoms. The summed E-state index contributed by atoms with van der Waals surface area (Å²) >= 11 is 0. The zero-order valence-corrected chi connectivity index (χ0v) is 12.6. The summed E-state index contributed by atoms with van der Waals surface area (Å²) in [5, 5.41) is 1.16. The SMILES string of the molecule is CN(CCc1ccncc1)C(=O)Cn1ccc2ccccc21. The molecule has 0 fully saturated rings. The molecule has 0 spiro atoms. The maximum Gasteiger partial charge on any atom is 0.242 e. The molecule has 0 unspecified atom stereocenters. The number of fused-ring (bicyclic) bond motifs is 1. The van der Waals surface area contributed by atoms with Crippen LogP contribution in [0.25, 0.3) is 10.9 Å². The number of carbonyl (C=O) groups is 1. The Hall–Kier alpha value is -2.62. The molecule has 1 amide bonds. The van der Waals surface area contributed by atoms with E-state index in [1.54, 1.807) is 17.3 Å². The average molecular weight is 293 g/mol. The van der Waals surface area contributed by atoms with Crippen molar-refractivity contribution in [1.29, 1.82) is 0 Å². The summed E-state index contributed by atoms with van der Waals surface area (Å²) in [6.45, 7) is 1.09. The fourth-order valence-electron chi connectivity index (χ4n) is 2.52. The predicted molar refractivity (Wildman–Crippen MR) is 87.5 cm³/mol. The molecule has 0 radical (unpaired) electrons. The lowest BCUT2D eigenvalue weighted by Crippen LogP contribution is -2.31. The number of nitrogens with zero attached hydrogens (tertiary/aromatic N) is 3. The number of rotatable bonds is 5. The smallest absolute Gasteiger partial charge is 0.242 e. The first kappa shape index (κ1) is 14.3. The molecule has 2 aromatic heterocycles. The molecule has 0 aliphatic rings. The van der Waals surface area contributed by atoms with Crippen LogP contribution < -0.4 is 0 Å². The highest BCUT2D eigenvalue weighted by Gasteiger charge is 2.10. The van der Waals surface area contributed by atoms with E-state index in [0.29, 0.717) is 13.1 Å². The zero-order valence-electron chi connectivity index (χ0n) is 12.6. The summed E-state index contributed by atoms with van der Waals surface area (Å²) in [5.41, 5.74) is 2.29. The van der Waals surface area contributed by atoms with Crippen LogP contribution in [0.5, 0.6) is 0 Å². The van der Waals surface area contributed by atoms with Crippen LogP contribution in [-0.4, -0.2) is 34.0 Å². The molecular weight excluding hydrogens is 274 g/mol. The van der Waals surface area contributed by atoms with E-state index in [4.69, 9.17) is 0 Å². The normalized spacial score (nSPS) is 10.8. The first-order valence-electron chi connectivity index (χ1n) is 7.41. The van der Waals surface area contributed by atoms with Crippen molar-refractivity contribution in [2.75, 3.05) is 13.6 Å². The van der Waals surface area contributed by atoms with Crippen LogP contribution in [0.15, 0.2) is 61.1 Å². The molecular formula is C18H19N3O. The molecule has 1 aromatic carbocycles. The quantitative estimate of drug-likeness (QED) is 0.725. The molecule has 0 atom stereocenters. The van der Waals surface area contributed by atoms with Gasteiger partial charge in [0.1, 0.15) is 6.54 Å². The molecule has 0 saturated carbocycles. The molecule has 0 saturated heterocycles. The van der Waals surface area contributed by atoms with Crippen molar-refractivity contribution in [2.45, 2.75) is 13.0 Å². The summed E-state index contributed by atoms with van der Waals surface area (Å²) in [6, 6.07) is 14.1. The molecule has 0 bridgehead atoms. The van der Waals surface area contributed by atoms with Crippen molar-refractivity contribution in [3.63, 3.8) is 0 Å². The Morgan fingerprint density at radius 3 is 2.73 bits per heavy atom. The van der Waals surface area contributed by atoms with Gasteiger partial charge in [0.05, 0.1) is 0 Å². The monoisotopic (exact) mass is 293 g/mol. The number of carbonyl (C=O) groups excluding carboxylic acids is 1. The van der Waals surface area contributed by atoms with Gasteiger partial charge in [-0.25, -0.2) is 0 Å². The van der Waals surface area contributed by atoms with Gasteiger partial charge in [-0.3, -0.25) is 9.78 Å². The second-order valence-electron chi connectivity index (χ2n) is 5.42. The lowest BCUT2D eigenvalue weighted by atomic mass is 10.2. The minimum Gasteiger partial charge on any atom is -0.344 e. The molecule has 0 aliphatic heterocycles. The van der Waals surface area contributed by atoms with Gasteiger partial charge in [0.2, 0.25) is 5.91 Å². The van der Waals surface area contributed by atoms with Gasteiger partial charge in [-0.1, -0.05) is 18.2 Å². The number of pyridine rings is 1. The van der Waals surface area contributed by atoms with E-state index in [1.807, 2.05) is 54.2 Å². The van der Waals surface area contributed by atoms with Crippen LogP contribution >= 0.6 is 0 Å². The van der Waals surface area contributed by atoms with Crippen LogP contribution in [0.4, 0.5) is 0 Å². The van der Waals surface area contributed by atoms with E-state index in [1.165, 1.54) is 5.56 Å². The first-order chi connectivity index (χ1) is 10.7. The van der Waals surface area contributed by atoms with E-state index in [-0.39, 0.29) is 5.91 Å². The maximum atomic E-state index is 12.4. The van der Waals surface area contributed by atoms with Crippen LogP contribution in [0.2, 0.25) is 0 Å². The maximum absolute atomic E-state index is 12.4. The number of aromatic nitrogens is 2. The minimum atomic E-state index is 0.121. The number of para-hydroxylation sites is 1. The molecule has 112 valence electrons. The topological polar surface area (TPSA) is 38.1 Å². The lowest BCUT2D eigenvalue weighted by molar-refractivity contribution is -0.130. The van der Waals surface area contributed by atoms with Gasteiger partial charge in [-0.2, -0.15) is 0 Å². The highest BCUT2D eigenvalue weighted by molar-refractivity contribution is 5.83. The van der Waals surface area contributed by atoms with Gasteiger partial charge in [0.25, 0.3) is 0 Å². The second-order valence-corrected chi connectivity index (χ2v) is 5.42. The summed E-state index contributed by atoms with van der Waals surface area (Å²) in [5.74, 6) is 0.121. The number of hydrogen-bond donors (Lipinski definition) is 0. The van der Waals surface area contributed by atoms with Gasteiger partial charge in [0, 0.05) is 37.7 Å². The molecule has 3 rings (SSSR count). The van der Waals surface area contributed by atoms with Gasteiger partial charge in [0.15, 0.2) is 0 Å². The van der Waals surface area contributed by atoms with Crippen LogP contribution in [0.3, 0.4) is 0 Å². The van der Waals surface area contributed by atoms with Gasteiger partial charge >= 0.3 is 0 Å². The van der Waals surface area contributed by atoms with Crippen molar-refractivity contribution in [2.24, 2.45) is 0 Å². The third-order valence-corrected chi connectivity index (χ3v) is 3.90. The third kappa shape index (κ3) is 3.17. The van der Waals surface area contributed by atoms with Gasteiger partial charge in [-0.15, -0.1) is 0 Å². The fraction of sp³-hybridized carbons (Fsp3) is 0.222. The van der Waals surface area contributed by atoms with Gasteiger partial charge < -0.3 is 9.47 Å². The Morgan fingerprint density at radius 1 is 1.14 bits per heavy atom. The van der Waals surface area contributed by atoms with Crippen LogP contribution in [0, 0.1) is 0 Å². The molecule has 3 aromatic rings. The largest absolute Gasteiger partial charge is 0.344 e. The Bertz CT molecular complexity index is 764. The Kier molecular flexibility index (Phi) is 4.19. The standard InChI is InChI=1S/C18H19N3O/c1-20(12-8-15-6-10-19-11-7-15)18(22)14-21-13-9-16-4-2-3-5-17(16)21/h2-7,9-11,13H,8,12,14H2,1H3. The van der Waals surface area contributed by atoms with Crippen molar-refractivity contribution < 1.29 is 4.79 Å². The van der Waals surface area contributed by atoms with Crippen molar-refractivity contribution in [1.82, 2.24) is 14.5 Å². The highest BCUT2D eigenvalue weighted by Crippen LogP contribution is 2.15. The molecule has 0 aliphatic carbocycles. The van der Waals surface area contributed by atoms with E-state index in [2.05, 4.69) is 11.1 Å². The number of hydrogen-bond acceptors (Lipinski definition) is 2. The minimum absolute atomic E-state index is 0.121. The number of benzene rings is 1. The Labute approximate surface area is 130 Å². The number of amides is 1. The number of likely N-dealkylation sites (N-methyl/N-ethyl adjacent to an activating group) is 1. The van der Waals surface area contributed by atoms with Crippen molar-refractivity contribution in [3.8, 4) is 0 Å². The molecule has 4 nitrogen and oxygen atoms in total. The first-order valence-corrected chi connectivity index (χ1v) is 7.41. The predicted octanol–water partition coefficient (Wildman–Crippen LogP) is 2.74. The Balaban J connectivity index is 1.61.